The number of hydrogen-bond acceptors (Lipinski definition) is 6. The summed E-state index contributed by atoms with van der Waals surface area (Å²) in [4.78, 5) is 12.7. The largest absolute Gasteiger partial charge is 0.497 e. The molecule has 1 aliphatic heterocycles. The molecule has 0 radical (unpaired) electrons. The van der Waals surface area contributed by atoms with E-state index in [0.29, 0.717) is 35.8 Å². The zero-order valence-electron chi connectivity index (χ0n) is 17.4. The van der Waals surface area contributed by atoms with Gasteiger partial charge in [0.2, 0.25) is 5.91 Å². The monoisotopic (exact) mass is 398 g/mol. The van der Waals surface area contributed by atoms with Crippen molar-refractivity contribution >= 4 is 11.6 Å². The smallest absolute Gasteiger partial charge is 0.242 e. The van der Waals surface area contributed by atoms with Gasteiger partial charge in [0.05, 0.1) is 40.2 Å². The van der Waals surface area contributed by atoms with Crippen LogP contribution in [-0.4, -0.2) is 45.1 Å². The Labute approximate surface area is 170 Å². The summed E-state index contributed by atoms with van der Waals surface area (Å²) < 4.78 is 21.7. The number of ether oxygens (including phenoxy) is 4. The third-order valence-electron chi connectivity index (χ3n) is 4.95. The van der Waals surface area contributed by atoms with Gasteiger partial charge in [0.25, 0.3) is 0 Å². The van der Waals surface area contributed by atoms with Gasteiger partial charge in [0, 0.05) is 30.0 Å². The zero-order chi connectivity index (χ0) is 21.0. The fraction of sp³-hybridized carbons (Fsp3) is 0.364. The maximum Gasteiger partial charge on any atom is 0.242 e. The minimum atomic E-state index is -0.292. The molecule has 0 fully saturated rings. The molecule has 0 spiro atoms. The van der Waals surface area contributed by atoms with Gasteiger partial charge in [-0.15, -0.1) is 0 Å². The van der Waals surface area contributed by atoms with Gasteiger partial charge in [-0.25, -0.2) is 5.01 Å². The first-order valence-corrected chi connectivity index (χ1v) is 9.39. The van der Waals surface area contributed by atoms with E-state index >= 15 is 0 Å². The summed E-state index contributed by atoms with van der Waals surface area (Å²) in [6.07, 6.45) is 0.882. The van der Waals surface area contributed by atoms with Crippen LogP contribution in [0.15, 0.2) is 41.5 Å². The predicted octanol–water partition coefficient (Wildman–Crippen LogP) is 3.81. The average molecular weight is 398 g/mol. The van der Waals surface area contributed by atoms with Crippen molar-refractivity contribution in [3.63, 3.8) is 0 Å². The molecule has 0 aliphatic carbocycles. The summed E-state index contributed by atoms with van der Waals surface area (Å²) in [6, 6.07) is 10.9. The van der Waals surface area contributed by atoms with Crippen LogP contribution < -0.4 is 18.9 Å². The summed E-state index contributed by atoms with van der Waals surface area (Å²) in [7, 11) is 6.43. The minimum absolute atomic E-state index is 0.0651. The Bertz CT molecular complexity index is 903. The molecule has 3 rings (SSSR count). The summed E-state index contributed by atoms with van der Waals surface area (Å²) >= 11 is 0. The van der Waals surface area contributed by atoms with Crippen LogP contribution in [0.2, 0.25) is 0 Å². The van der Waals surface area contributed by atoms with Crippen molar-refractivity contribution in [2.75, 3.05) is 28.4 Å². The predicted molar refractivity (Wildman–Crippen MR) is 110 cm³/mol. The van der Waals surface area contributed by atoms with Crippen LogP contribution in [0.5, 0.6) is 23.0 Å². The Morgan fingerprint density at radius 2 is 1.62 bits per heavy atom. The third kappa shape index (κ3) is 4.13. The number of methoxy groups -OCH3 is 4. The number of hydrazone groups is 1. The van der Waals surface area contributed by atoms with Crippen LogP contribution in [0.1, 0.15) is 36.9 Å². The summed E-state index contributed by atoms with van der Waals surface area (Å²) in [5.74, 6) is 2.64. The zero-order valence-corrected chi connectivity index (χ0v) is 17.4. The van der Waals surface area contributed by atoms with Gasteiger partial charge < -0.3 is 18.9 Å². The molecule has 1 aliphatic rings. The fourth-order valence-electron chi connectivity index (χ4n) is 3.39. The van der Waals surface area contributed by atoms with E-state index in [1.165, 1.54) is 0 Å². The van der Waals surface area contributed by atoms with E-state index in [1.807, 2.05) is 37.3 Å². The van der Waals surface area contributed by atoms with Gasteiger partial charge in [-0.2, -0.15) is 5.10 Å². The molecule has 2 aromatic rings. The summed E-state index contributed by atoms with van der Waals surface area (Å²) in [5, 5.41) is 6.20. The fourth-order valence-corrected chi connectivity index (χ4v) is 3.39. The van der Waals surface area contributed by atoms with Crippen LogP contribution in [0, 0.1) is 0 Å². The van der Waals surface area contributed by atoms with Crippen LogP contribution in [0.3, 0.4) is 0 Å². The van der Waals surface area contributed by atoms with Crippen molar-refractivity contribution in [1.82, 2.24) is 5.01 Å². The quantitative estimate of drug-likeness (QED) is 0.709. The molecule has 0 N–H and O–H groups in total. The summed E-state index contributed by atoms with van der Waals surface area (Å²) in [5.41, 5.74) is 2.47. The van der Waals surface area contributed by atoms with Gasteiger partial charge in [-0.05, 0) is 30.3 Å². The maximum absolute atomic E-state index is 12.7. The molecule has 7 nitrogen and oxygen atoms in total. The Hall–Kier alpha value is -3.22. The first-order chi connectivity index (χ1) is 14.0. The topological polar surface area (TPSA) is 69.6 Å². The highest BCUT2D eigenvalue weighted by Crippen LogP contribution is 2.40. The van der Waals surface area contributed by atoms with E-state index in [9.17, 15) is 4.79 Å². The van der Waals surface area contributed by atoms with Gasteiger partial charge in [0.15, 0.2) is 0 Å². The van der Waals surface area contributed by atoms with E-state index in [1.54, 1.807) is 39.5 Å². The number of nitrogens with zero attached hydrogens (tertiary/aromatic N) is 2. The highest BCUT2D eigenvalue weighted by Gasteiger charge is 2.34. The Morgan fingerprint density at radius 1 is 0.966 bits per heavy atom. The highest BCUT2D eigenvalue weighted by atomic mass is 16.5. The molecule has 1 unspecified atom stereocenters. The highest BCUT2D eigenvalue weighted by molar-refractivity contribution is 6.03. The number of rotatable bonds is 7. The molecule has 1 atom stereocenters. The van der Waals surface area contributed by atoms with Gasteiger partial charge in [-0.1, -0.05) is 6.92 Å². The number of carbonyl (C=O) groups is 1. The van der Waals surface area contributed by atoms with E-state index in [0.717, 1.165) is 16.8 Å². The molecule has 0 saturated heterocycles. The Kier molecular flexibility index (Phi) is 6.26. The lowest BCUT2D eigenvalue weighted by molar-refractivity contribution is -0.132. The second-order valence-corrected chi connectivity index (χ2v) is 6.57. The lowest BCUT2D eigenvalue weighted by Gasteiger charge is -2.23. The Balaban J connectivity index is 2.05. The molecule has 0 aromatic heterocycles. The first kappa shape index (κ1) is 20.5. The van der Waals surface area contributed by atoms with Crippen LogP contribution in [0.4, 0.5) is 0 Å². The molecule has 7 heteroatoms. The lowest BCUT2D eigenvalue weighted by atomic mass is 9.97. The number of hydrogen-bond donors (Lipinski definition) is 0. The van der Waals surface area contributed by atoms with Gasteiger partial charge >= 0.3 is 0 Å². The van der Waals surface area contributed by atoms with Crippen molar-refractivity contribution in [1.29, 1.82) is 0 Å². The van der Waals surface area contributed by atoms with Gasteiger partial charge in [-0.3, -0.25) is 4.79 Å². The second kappa shape index (κ2) is 8.86. The molecule has 1 heterocycles. The van der Waals surface area contributed by atoms with E-state index in [4.69, 9.17) is 18.9 Å². The molecule has 2 aromatic carbocycles. The number of carbonyl (C=O) groups excluding carboxylic acids is 1. The van der Waals surface area contributed by atoms with Crippen molar-refractivity contribution in [2.45, 2.75) is 25.8 Å². The Morgan fingerprint density at radius 3 is 2.17 bits per heavy atom. The maximum atomic E-state index is 12.7. The van der Waals surface area contributed by atoms with Crippen molar-refractivity contribution in [3.05, 3.63) is 47.5 Å². The van der Waals surface area contributed by atoms with E-state index in [-0.39, 0.29) is 11.9 Å². The van der Waals surface area contributed by atoms with Crippen LogP contribution >= 0.6 is 0 Å². The van der Waals surface area contributed by atoms with E-state index in [2.05, 4.69) is 5.10 Å². The SMILES string of the molecule is CCC(=O)N1N=C(c2cc(OC)cc(OC)c2)CC1c1cc(OC)ccc1OC. The lowest BCUT2D eigenvalue weighted by Crippen LogP contribution is -2.26. The molecule has 1 amide bonds. The van der Waals surface area contributed by atoms with E-state index < -0.39 is 0 Å². The third-order valence-corrected chi connectivity index (χ3v) is 4.95. The van der Waals surface area contributed by atoms with Crippen molar-refractivity contribution in [2.24, 2.45) is 5.10 Å². The van der Waals surface area contributed by atoms with Crippen LogP contribution in [-0.2, 0) is 4.79 Å². The molecule has 29 heavy (non-hydrogen) atoms. The molecular formula is C22H26N2O5. The van der Waals surface area contributed by atoms with Gasteiger partial charge in [0.1, 0.15) is 23.0 Å². The molecule has 154 valence electrons. The first-order valence-electron chi connectivity index (χ1n) is 9.39. The number of benzene rings is 2. The molecule has 0 saturated carbocycles. The summed E-state index contributed by atoms with van der Waals surface area (Å²) in [6.45, 7) is 1.82. The normalized spacial score (nSPS) is 15.7. The average Bonchev–Trinajstić information content (AvgIpc) is 3.23. The van der Waals surface area contributed by atoms with Crippen molar-refractivity contribution in [3.8, 4) is 23.0 Å². The van der Waals surface area contributed by atoms with Crippen LogP contribution in [0.25, 0.3) is 0 Å². The standard InChI is InChI=1S/C22H26N2O5/c1-6-22(25)24-20(18-12-15(26-2)7-8-21(18)29-5)13-19(23-24)14-9-16(27-3)11-17(10-14)28-4/h7-12,20H,6,13H2,1-5H3. The van der Waals surface area contributed by atoms with Crippen molar-refractivity contribution < 1.29 is 23.7 Å². The minimum Gasteiger partial charge on any atom is -0.497 e. The number of amides is 1. The second-order valence-electron chi connectivity index (χ2n) is 6.57. The molecular weight excluding hydrogens is 372 g/mol. The molecule has 0 bridgehead atoms.